The number of nitrogens with one attached hydrogen (secondary N) is 1. The smallest absolute Gasteiger partial charge is 0.260 e. The zero-order valence-electron chi connectivity index (χ0n) is 9.55. The van der Waals surface area contributed by atoms with E-state index in [9.17, 15) is 4.79 Å². The molecule has 0 atom stereocenters. The molecule has 6 heteroatoms. The van der Waals surface area contributed by atoms with Crippen LogP contribution in [0.5, 0.6) is 5.75 Å². The molecule has 2 rings (SSSR count). The number of aromatic nitrogens is 2. The molecular weight excluding hydrogens is 254 g/mol. The molecule has 0 radical (unpaired) electrons. The van der Waals surface area contributed by atoms with E-state index in [4.69, 9.17) is 16.3 Å². The van der Waals surface area contributed by atoms with E-state index in [2.05, 4.69) is 15.3 Å². The summed E-state index contributed by atoms with van der Waals surface area (Å²) in [5.41, 5.74) is 0.428. The standard InChI is InChI=1S/C12H10ClN3O2/c1-18-9-5-3-2-4-8(9)12(17)16-11-7-14-10(13)6-15-11/h2-7H,1H3,(H,15,16,17). The molecule has 1 aromatic carbocycles. The molecule has 0 spiro atoms. The Kier molecular flexibility index (Phi) is 3.74. The zero-order chi connectivity index (χ0) is 13.0. The Bertz CT molecular complexity index is 558. The van der Waals surface area contributed by atoms with Gasteiger partial charge < -0.3 is 10.1 Å². The summed E-state index contributed by atoms with van der Waals surface area (Å²) in [5.74, 6) is 0.510. The molecule has 0 fully saturated rings. The Morgan fingerprint density at radius 2 is 2.06 bits per heavy atom. The second kappa shape index (κ2) is 5.46. The van der Waals surface area contributed by atoms with Crippen molar-refractivity contribution in [2.45, 2.75) is 0 Å². The van der Waals surface area contributed by atoms with Crippen LogP contribution in [0.15, 0.2) is 36.7 Å². The Hall–Kier alpha value is -2.14. The summed E-state index contributed by atoms with van der Waals surface area (Å²) in [4.78, 5) is 19.7. The van der Waals surface area contributed by atoms with Gasteiger partial charge in [-0.15, -0.1) is 0 Å². The highest BCUT2D eigenvalue weighted by Gasteiger charge is 2.12. The van der Waals surface area contributed by atoms with E-state index in [0.717, 1.165) is 0 Å². The van der Waals surface area contributed by atoms with Gasteiger partial charge in [0.25, 0.3) is 5.91 Å². The average molecular weight is 264 g/mol. The van der Waals surface area contributed by atoms with Crippen molar-refractivity contribution in [1.29, 1.82) is 0 Å². The quantitative estimate of drug-likeness (QED) is 0.923. The molecule has 1 heterocycles. The molecular formula is C12H10ClN3O2. The highest BCUT2D eigenvalue weighted by molar-refractivity contribution is 6.29. The second-order valence-electron chi connectivity index (χ2n) is 3.38. The van der Waals surface area contributed by atoms with E-state index >= 15 is 0 Å². The number of carbonyl (C=O) groups excluding carboxylic acids is 1. The number of nitrogens with zero attached hydrogens (tertiary/aromatic N) is 2. The Balaban J connectivity index is 2.19. The highest BCUT2D eigenvalue weighted by atomic mass is 35.5. The fourth-order valence-electron chi connectivity index (χ4n) is 1.39. The van der Waals surface area contributed by atoms with E-state index in [-0.39, 0.29) is 11.1 Å². The third kappa shape index (κ3) is 2.75. The number of hydrogen-bond donors (Lipinski definition) is 1. The summed E-state index contributed by atoms with van der Waals surface area (Å²) in [5, 5.41) is 2.88. The van der Waals surface area contributed by atoms with E-state index in [0.29, 0.717) is 17.1 Å². The fourth-order valence-corrected chi connectivity index (χ4v) is 1.49. The molecule has 92 valence electrons. The predicted molar refractivity (Wildman–Crippen MR) is 68.0 cm³/mol. The van der Waals surface area contributed by atoms with Crippen molar-refractivity contribution in [3.8, 4) is 5.75 Å². The molecule has 1 aromatic heterocycles. The van der Waals surface area contributed by atoms with Crippen molar-refractivity contribution in [3.05, 3.63) is 47.4 Å². The van der Waals surface area contributed by atoms with Gasteiger partial charge in [0, 0.05) is 0 Å². The van der Waals surface area contributed by atoms with Crippen molar-refractivity contribution >= 4 is 23.3 Å². The summed E-state index contributed by atoms with van der Waals surface area (Å²) in [6, 6.07) is 6.92. The van der Waals surface area contributed by atoms with E-state index in [1.54, 1.807) is 24.3 Å². The van der Waals surface area contributed by atoms with Crippen molar-refractivity contribution in [3.63, 3.8) is 0 Å². The average Bonchev–Trinajstić information content (AvgIpc) is 2.41. The normalized spacial score (nSPS) is 9.89. The van der Waals surface area contributed by atoms with Crippen molar-refractivity contribution in [1.82, 2.24) is 9.97 Å². The molecule has 0 aliphatic carbocycles. The largest absolute Gasteiger partial charge is 0.496 e. The first kappa shape index (κ1) is 12.3. The van der Waals surface area contributed by atoms with E-state index in [1.165, 1.54) is 19.5 Å². The van der Waals surface area contributed by atoms with Gasteiger partial charge in [-0.05, 0) is 12.1 Å². The molecule has 0 saturated carbocycles. The van der Waals surface area contributed by atoms with E-state index in [1.807, 2.05) is 0 Å². The fraction of sp³-hybridized carbons (Fsp3) is 0.0833. The van der Waals surface area contributed by atoms with Crippen molar-refractivity contribution < 1.29 is 9.53 Å². The van der Waals surface area contributed by atoms with Crippen LogP contribution >= 0.6 is 11.6 Å². The Morgan fingerprint density at radius 3 is 2.72 bits per heavy atom. The number of rotatable bonds is 3. The summed E-state index contributed by atoms with van der Waals surface area (Å²) in [6.07, 6.45) is 2.75. The third-order valence-electron chi connectivity index (χ3n) is 2.21. The molecule has 5 nitrogen and oxygen atoms in total. The monoisotopic (exact) mass is 263 g/mol. The zero-order valence-corrected chi connectivity index (χ0v) is 10.3. The molecule has 1 N–H and O–H groups in total. The maximum atomic E-state index is 12.0. The van der Waals surface area contributed by atoms with Crippen molar-refractivity contribution in [2.75, 3.05) is 12.4 Å². The van der Waals surface area contributed by atoms with Crippen molar-refractivity contribution in [2.24, 2.45) is 0 Å². The maximum Gasteiger partial charge on any atom is 0.260 e. The van der Waals surface area contributed by atoms with Crippen LogP contribution in [0.25, 0.3) is 0 Å². The van der Waals surface area contributed by atoms with Gasteiger partial charge in [-0.1, -0.05) is 23.7 Å². The van der Waals surface area contributed by atoms with Gasteiger partial charge >= 0.3 is 0 Å². The van der Waals surface area contributed by atoms with Crippen LogP contribution in [0.2, 0.25) is 5.15 Å². The van der Waals surface area contributed by atoms with Crippen LogP contribution in [0.3, 0.4) is 0 Å². The van der Waals surface area contributed by atoms with Crippen LogP contribution in [-0.4, -0.2) is 23.0 Å². The predicted octanol–water partition coefficient (Wildman–Crippen LogP) is 2.39. The number of benzene rings is 1. The Morgan fingerprint density at radius 1 is 1.28 bits per heavy atom. The van der Waals surface area contributed by atoms with Gasteiger partial charge in [0.05, 0.1) is 25.1 Å². The minimum absolute atomic E-state index is 0.269. The SMILES string of the molecule is COc1ccccc1C(=O)Nc1cnc(Cl)cn1. The summed E-state index contributed by atoms with van der Waals surface area (Å²) in [7, 11) is 1.51. The molecule has 18 heavy (non-hydrogen) atoms. The topological polar surface area (TPSA) is 64.1 Å². The minimum atomic E-state index is -0.316. The van der Waals surface area contributed by atoms with Crippen LogP contribution < -0.4 is 10.1 Å². The first-order chi connectivity index (χ1) is 8.70. The number of hydrogen-bond acceptors (Lipinski definition) is 4. The van der Waals surface area contributed by atoms with E-state index < -0.39 is 0 Å². The number of para-hydroxylation sites is 1. The van der Waals surface area contributed by atoms with Gasteiger partial charge in [0.2, 0.25) is 0 Å². The lowest BCUT2D eigenvalue weighted by atomic mass is 10.2. The minimum Gasteiger partial charge on any atom is -0.496 e. The molecule has 0 saturated heterocycles. The number of carbonyl (C=O) groups is 1. The lowest BCUT2D eigenvalue weighted by Crippen LogP contribution is -2.14. The first-order valence-electron chi connectivity index (χ1n) is 5.12. The first-order valence-corrected chi connectivity index (χ1v) is 5.50. The van der Waals surface area contributed by atoms with Crippen LogP contribution in [0.1, 0.15) is 10.4 Å². The van der Waals surface area contributed by atoms with Crippen LogP contribution in [-0.2, 0) is 0 Å². The number of methoxy groups -OCH3 is 1. The third-order valence-corrected chi connectivity index (χ3v) is 2.41. The lowest BCUT2D eigenvalue weighted by molar-refractivity contribution is 0.102. The molecule has 0 unspecified atom stereocenters. The maximum absolute atomic E-state index is 12.0. The van der Waals surface area contributed by atoms with Gasteiger partial charge in [-0.2, -0.15) is 0 Å². The molecule has 2 aromatic rings. The molecule has 0 bridgehead atoms. The molecule has 1 amide bonds. The van der Waals surface area contributed by atoms with Gasteiger partial charge in [0.1, 0.15) is 10.9 Å². The summed E-state index contributed by atoms with van der Waals surface area (Å²) >= 11 is 5.61. The molecule has 0 aliphatic rings. The van der Waals surface area contributed by atoms with Gasteiger partial charge in [-0.3, -0.25) is 4.79 Å². The second-order valence-corrected chi connectivity index (χ2v) is 3.77. The summed E-state index contributed by atoms with van der Waals surface area (Å²) in [6.45, 7) is 0. The van der Waals surface area contributed by atoms with Crippen LogP contribution in [0, 0.1) is 0 Å². The number of amides is 1. The summed E-state index contributed by atoms with van der Waals surface area (Å²) < 4.78 is 5.11. The Labute approximate surface area is 109 Å². The van der Waals surface area contributed by atoms with Crippen LogP contribution in [0.4, 0.5) is 5.82 Å². The van der Waals surface area contributed by atoms with Gasteiger partial charge in [0.15, 0.2) is 5.82 Å². The van der Waals surface area contributed by atoms with Gasteiger partial charge in [-0.25, -0.2) is 9.97 Å². The number of ether oxygens (including phenoxy) is 1. The molecule has 0 aliphatic heterocycles. The highest BCUT2D eigenvalue weighted by Crippen LogP contribution is 2.18. The lowest BCUT2D eigenvalue weighted by Gasteiger charge is -2.08. The number of halogens is 1. The number of anilines is 1.